The Hall–Kier alpha value is -5.02. The standard InChI is InChI=1S/C44H42N2O8S2/c1-27(2)31-15-13-29(5)43-33(19-35(41(43)21-31)25-45(47)37-9-7-11-39(23-37)55-53-51-49)17-18-34-20-36(42-22-32(28(3)4)16-14-30(6)44(34)42)26-46(48)38-10-8-12-40(24-38)56-54-52-50/h7-28,49-50H,1-6H3/b18-17+,45-25-,46-26-. The molecule has 0 heterocycles. The van der Waals surface area contributed by atoms with Gasteiger partial charge in [0.25, 0.3) is 0 Å². The Kier molecular flexibility index (Phi) is 13.3. The molecule has 0 fully saturated rings. The molecule has 12 heteroatoms. The van der Waals surface area contributed by atoms with Crippen LogP contribution < -0.4 is 0 Å². The molecule has 288 valence electrons. The van der Waals surface area contributed by atoms with Crippen LogP contribution in [0.5, 0.6) is 0 Å². The van der Waals surface area contributed by atoms with Crippen molar-refractivity contribution in [2.75, 3.05) is 0 Å². The van der Waals surface area contributed by atoms with Crippen LogP contribution in [0.2, 0.25) is 0 Å². The van der Waals surface area contributed by atoms with Crippen molar-refractivity contribution in [2.45, 2.75) is 63.2 Å². The van der Waals surface area contributed by atoms with Gasteiger partial charge in [0.15, 0.2) is 12.4 Å². The topological polar surface area (TPSA) is 130 Å². The zero-order valence-electron chi connectivity index (χ0n) is 31.8. The lowest BCUT2D eigenvalue weighted by atomic mass is 9.99. The summed E-state index contributed by atoms with van der Waals surface area (Å²) in [7, 11) is 0. The van der Waals surface area contributed by atoms with E-state index in [0.29, 0.717) is 21.2 Å². The molecule has 2 N–H and O–H groups in total. The molecular weight excluding hydrogens is 749 g/mol. The first kappa shape index (κ1) is 40.6. The molecule has 2 aromatic carbocycles. The van der Waals surface area contributed by atoms with Crippen LogP contribution in [0.3, 0.4) is 0 Å². The Labute approximate surface area is 334 Å². The molecule has 10 nitrogen and oxygen atoms in total. The highest BCUT2D eigenvalue weighted by atomic mass is 32.2. The molecule has 0 spiro atoms. The van der Waals surface area contributed by atoms with Crippen LogP contribution in [0.15, 0.2) is 107 Å². The fourth-order valence-corrected chi connectivity index (χ4v) is 7.52. The van der Waals surface area contributed by atoms with Gasteiger partial charge >= 0.3 is 0 Å². The summed E-state index contributed by atoms with van der Waals surface area (Å²) in [6.45, 7) is 12.7. The van der Waals surface area contributed by atoms with E-state index in [1.165, 1.54) is 0 Å². The maximum absolute atomic E-state index is 13.7. The second-order valence-electron chi connectivity index (χ2n) is 14.0. The Morgan fingerprint density at radius 3 is 1.34 bits per heavy atom. The maximum atomic E-state index is 13.7. The van der Waals surface area contributed by atoms with E-state index in [1.54, 1.807) is 61.0 Å². The van der Waals surface area contributed by atoms with E-state index in [-0.39, 0.29) is 11.8 Å². The van der Waals surface area contributed by atoms with E-state index in [0.717, 1.165) is 100 Å². The minimum absolute atomic E-state index is 0.257. The molecule has 0 radical (unpaired) electrons. The molecule has 4 aliphatic rings. The van der Waals surface area contributed by atoms with Crippen molar-refractivity contribution in [2.24, 2.45) is 0 Å². The van der Waals surface area contributed by atoms with Crippen LogP contribution in [0.1, 0.15) is 84.0 Å². The molecule has 0 bridgehead atoms. The molecule has 56 heavy (non-hydrogen) atoms. The average Bonchev–Trinajstić information content (AvgIpc) is 3.55. The van der Waals surface area contributed by atoms with Gasteiger partial charge in [-0.15, -0.1) is 8.67 Å². The quantitative estimate of drug-likeness (QED) is 0.0275. The number of hydrogen-bond donors (Lipinski definition) is 2. The van der Waals surface area contributed by atoms with E-state index in [4.69, 9.17) is 10.5 Å². The first-order chi connectivity index (χ1) is 27.0. The summed E-state index contributed by atoms with van der Waals surface area (Å²) in [6.07, 6.45) is 7.32. The zero-order valence-corrected chi connectivity index (χ0v) is 33.4. The minimum Gasteiger partial charge on any atom is -0.618 e. The SMILES string of the molecule is Cc1ccc(C(C)C)cc2c(/C=[N+](\[O-])c3cccc(SOOO)c3)cc(/C=C/c3cc(/C=[N+](\[O-])c4cccc(SOOO)c4)c4cc(C(C)C)ccc(C)c3-4)c1-2. The molecule has 0 aromatic heterocycles. The summed E-state index contributed by atoms with van der Waals surface area (Å²) in [5, 5.41) is 51.9. The van der Waals surface area contributed by atoms with Crippen LogP contribution in [-0.2, 0) is 18.7 Å². The summed E-state index contributed by atoms with van der Waals surface area (Å²) in [5.74, 6) is 0.513. The van der Waals surface area contributed by atoms with Crippen LogP contribution >= 0.6 is 24.1 Å². The van der Waals surface area contributed by atoms with Crippen LogP contribution in [0, 0.1) is 24.3 Å². The van der Waals surface area contributed by atoms with Crippen LogP contribution in [0.4, 0.5) is 11.4 Å². The van der Waals surface area contributed by atoms with Crippen molar-refractivity contribution < 1.29 is 38.7 Å². The Bertz CT molecular complexity index is 2210. The molecule has 2 aromatic rings. The highest BCUT2D eigenvalue weighted by Gasteiger charge is 2.22. The number of aryl methyl sites for hydroxylation is 2. The molecule has 0 saturated heterocycles. The van der Waals surface area contributed by atoms with Gasteiger partial charge in [0.1, 0.15) is 0 Å². The second kappa shape index (κ2) is 18.3. The lowest BCUT2D eigenvalue weighted by Crippen LogP contribution is -1.99. The minimum atomic E-state index is 0.257. The fourth-order valence-electron chi connectivity index (χ4n) is 6.69. The van der Waals surface area contributed by atoms with Gasteiger partial charge in [-0.2, -0.15) is 9.48 Å². The van der Waals surface area contributed by atoms with Crippen molar-refractivity contribution in [3.05, 3.63) is 152 Å². The largest absolute Gasteiger partial charge is 0.618 e. The monoisotopic (exact) mass is 790 g/mol. The van der Waals surface area contributed by atoms with Crippen molar-refractivity contribution in [1.82, 2.24) is 0 Å². The Morgan fingerprint density at radius 1 is 0.554 bits per heavy atom. The lowest BCUT2D eigenvalue weighted by Gasteiger charge is -2.07. The summed E-state index contributed by atoms with van der Waals surface area (Å²) in [5.41, 5.74) is 12.5. The second-order valence-corrected chi connectivity index (χ2v) is 15.6. The third-order valence-corrected chi connectivity index (χ3v) is 10.7. The Balaban J connectivity index is 1.48. The highest BCUT2D eigenvalue weighted by Crippen LogP contribution is 2.40. The van der Waals surface area contributed by atoms with E-state index in [2.05, 4.69) is 109 Å². The van der Waals surface area contributed by atoms with E-state index in [9.17, 15) is 10.4 Å². The summed E-state index contributed by atoms with van der Waals surface area (Å²) in [4.78, 5) is 1.15. The number of fused-ring (bicyclic) bond motifs is 2. The molecule has 0 atom stereocenters. The smallest absolute Gasteiger partial charge is 0.217 e. The molecule has 6 rings (SSSR count). The summed E-state index contributed by atoms with van der Waals surface area (Å²) < 4.78 is 10.8. The Morgan fingerprint density at radius 2 is 0.964 bits per heavy atom. The van der Waals surface area contributed by atoms with Gasteiger partial charge in [-0.1, -0.05) is 98.5 Å². The molecular formula is C44H42N2O8S2. The highest BCUT2D eigenvalue weighted by molar-refractivity contribution is 7.94. The predicted molar refractivity (Wildman–Crippen MR) is 224 cm³/mol. The van der Waals surface area contributed by atoms with E-state index >= 15 is 0 Å². The lowest BCUT2D eigenvalue weighted by molar-refractivity contribution is -0.432. The van der Waals surface area contributed by atoms with Crippen molar-refractivity contribution in [3.63, 3.8) is 0 Å². The maximum Gasteiger partial charge on any atom is 0.217 e. The normalized spacial score (nSPS) is 12.6. The van der Waals surface area contributed by atoms with Gasteiger partial charge in [0.2, 0.25) is 11.4 Å². The van der Waals surface area contributed by atoms with Gasteiger partial charge in [-0.3, -0.25) is 0 Å². The van der Waals surface area contributed by atoms with Crippen molar-refractivity contribution in [1.29, 1.82) is 0 Å². The number of nitrogens with zero attached hydrogens (tertiary/aromatic N) is 2. The molecule has 0 aliphatic heterocycles. The van der Waals surface area contributed by atoms with Crippen molar-refractivity contribution >= 4 is 60.0 Å². The third kappa shape index (κ3) is 9.32. The van der Waals surface area contributed by atoms with Gasteiger partial charge in [-0.05, 0) is 106 Å². The molecule has 0 unspecified atom stereocenters. The molecule has 4 aliphatic carbocycles. The van der Waals surface area contributed by atoms with Crippen molar-refractivity contribution in [3.8, 4) is 22.3 Å². The van der Waals surface area contributed by atoms with Gasteiger partial charge < -0.3 is 10.4 Å². The summed E-state index contributed by atoms with van der Waals surface area (Å²) in [6, 6.07) is 30.5. The number of rotatable bonds is 14. The van der Waals surface area contributed by atoms with Crippen LogP contribution in [-0.4, -0.2) is 32.4 Å². The van der Waals surface area contributed by atoms with Gasteiger partial charge in [-0.25, -0.2) is 10.5 Å². The molecule has 0 amide bonds. The van der Waals surface area contributed by atoms with Gasteiger partial charge in [0.05, 0.1) is 24.1 Å². The third-order valence-electron chi connectivity index (χ3n) is 9.58. The van der Waals surface area contributed by atoms with E-state index < -0.39 is 0 Å². The van der Waals surface area contributed by atoms with Crippen LogP contribution in [0.25, 0.3) is 34.4 Å². The first-order valence-electron chi connectivity index (χ1n) is 17.9. The predicted octanol–water partition coefficient (Wildman–Crippen LogP) is 12.3. The number of benzene rings is 2. The average molecular weight is 791 g/mol. The first-order valence-corrected chi connectivity index (χ1v) is 19.4. The van der Waals surface area contributed by atoms with E-state index in [1.807, 2.05) is 12.1 Å². The summed E-state index contributed by atoms with van der Waals surface area (Å²) >= 11 is 1.57. The molecule has 0 saturated carbocycles. The zero-order chi connectivity index (χ0) is 39.9. The van der Waals surface area contributed by atoms with Gasteiger partial charge in [0, 0.05) is 45.2 Å². The number of hydrogen-bond acceptors (Lipinski definition) is 10. The fraction of sp³-hybridized carbons (Fsp3) is 0.182.